The Kier molecular flexibility index (Phi) is 8.67. The number of nitrogens with one attached hydrogen (secondary N) is 1. The van der Waals surface area contributed by atoms with Gasteiger partial charge in [0.25, 0.3) is 0 Å². The minimum absolute atomic E-state index is 0.130. The summed E-state index contributed by atoms with van der Waals surface area (Å²) in [6.07, 6.45) is 11.4. The molecule has 0 aromatic heterocycles. The zero-order valence-electron chi connectivity index (χ0n) is 15.7. The van der Waals surface area contributed by atoms with E-state index < -0.39 is 12.1 Å². The van der Waals surface area contributed by atoms with Crippen LogP contribution in [-0.2, 0) is 4.79 Å². The second-order valence-electron chi connectivity index (χ2n) is 8.38. The molecule has 4 N–H and O–H groups in total. The number of aliphatic hydroxyl groups excluding tert-OH is 2. The van der Waals surface area contributed by atoms with Gasteiger partial charge in [-0.3, -0.25) is 4.79 Å². The van der Waals surface area contributed by atoms with Crippen LogP contribution in [-0.4, -0.2) is 45.6 Å². The van der Waals surface area contributed by atoms with Crippen molar-refractivity contribution < 1.29 is 20.1 Å². The van der Waals surface area contributed by atoms with Crippen LogP contribution in [0.15, 0.2) is 0 Å². The summed E-state index contributed by atoms with van der Waals surface area (Å²) in [5.41, 5.74) is 0. The molecule has 0 amide bonds. The number of carboxylic acids is 1. The van der Waals surface area contributed by atoms with Crippen molar-refractivity contribution in [3.63, 3.8) is 0 Å². The highest BCUT2D eigenvalue weighted by molar-refractivity contribution is 5.67. The van der Waals surface area contributed by atoms with Gasteiger partial charge in [-0.2, -0.15) is 0 Å². The maximum Gasteiger partial charge on any atom is 0.305 e. The molecule has 1 aliphatic heterocycles. The molecule has 0 aromatic carbocycles. The first-order valence-corrected chi connectivity index (χ1v) is 10.3. The molecule has 1 saturated carbocycles. The second kappa shape index (κ2) is 10.5. The average Bonchev–Trinajstić information content (AvgIpc) is 2.57. The van der Waals surface area contributed by atoms with Crippen molar-refractivity contribution in [3.05, 3.63) is 0 Å². The molecule has 2 rings (SSSR count). The lowest BCUT2D eigenvalue weighted by molar-refractivity contribution is -0.139. The Bertz CT molecular complexity index is 395. The number of piperidine rings is 1. The smallest absolute Gasteiger partial charge is 0.305 e. The summed E-state index contributed by atoms with van der Waals surface area (Å²) in [6.45, 7) is 2.09. The lowest BCUT2D eigenvalue weighted by atomic mass is 9.74. The normalized spacial score (nSPS) is 34.6. The van der Waals surface area contributed by atoms with E-state index in [-0.39, 0.29) is 18.6 Å². The molecular weight excluding hydrogens is 318 g/mol. The van der Waals surface area contributed by atoms with Gasteiger partial charge in [0, 0.05) is 12.1 Å². The minimum Gasteiger partial charge on any atom is -0.481 e. The Labute approximate surface area is 152 Å². The quantitative estimate of drug-likeness (QED) is 0.477. The third-order valence-corrected chi connectivity index (χ3v) is 6.35. The Balaban J connectivity index is 1.53. The number of hydrogen-bond donors (Lipinski definition) is 4. The maximum atomic E-state index is 10.5. The highest BCUT2D eigenvalue weighted by Gasteiger charge is 2.32. The van der Waals surface area contributed by atoms with Crippen LogP contribution in [0.2, 0.25) is 0 Å². The molecule has 5 heteroatoms. The predicted octanol–water partition coefficient (Wildman–Crippen LogP) is 3.08. The summed E-state index contributed by atoms with van der Waals surface area (Å²) in [4.78, 5) is 10.5. The predicted molar refractivity (Wildman–Crippen MR) is 98.4 cm³/mol. The van der Waals surface area contributed by atoms with E-state index in [4.69, 9.17) is 5.11 Å². The van der Waals surface area contributed by atoms with Gasteiger partial charge in [0.15, 0.2) is 0 Å². The van der Waals surface area contributed by atoms with Gasteiger partial charge >= 0.3 is 5.97 Å². The van der Waals surface area contributed by atoms with Crippen molar-refractivity contribution in [1.82, 2.24) is 5.32 Å². The Morgan fingerprint density at radius 1 is 1.08 bits per heavy atom. The van der Waals surface area contributed by atoms with Crippen LogP contribution in [0.3, 0.4) is 0 Å². The van der Waals surface area contributed by atoms with Crippen molar-refractivity contribution in [2.24, 2.45) is 11.8 Å². The highest BCUT2D eigenvalue weighted by atomic mass is 16.4. The van der Waals surface area contributed by atoms with Gasteiger partial charge in [-0.1, -0.05) is 38.5 Å². The van der Waals surface area contributed by atoms with E-state index in [1.54, 1.807) is 0 Å². The number of hydrogen-bond acceptors (Lipinski definition) is 4. The van der Waals surface area contributed by atoms with Crippen molar-refractivity contribution in [3.8, 4) is 0 Å². The number of aliphatic hydroxyl groups is 2. The lowest BCUT2D eigenvalue weighted by Crippen LogP contribution is -2.52. The molecule has 0 spiro atoms. The zero-order valence-corrected chi connectivity index (χ0v) is 15.7. The third-order valence-electron chi connectivity index (χ3n) is 6.35. The van der Waals surface area contributed by atoms with Gasteiger partial charge in [-0.25, -0.2) is 0 Å². The van der Waals surface area contributed by atoms with E-state index in [2.05, 4.69) is 12.2 Å². The maximum absolute atomic E-state index is 10.5. The fourth-order valence-corrected chi connectivity index (χ4v) is 4.68. The second-order valence-corrected chi connectivity index (χ2v) is 8.38. The van der Waals surface area contributed by atoms with Crippen molar-refractivity contribution in [2.75, 3.05) is 0 Å². The minimum atomic E-state index is -0.916. The number of carbonyl (C=O) groups is 1. The topological polar surface area (TPSA) is 89.8 Å². The molecule has 4 atom stereocenters. The highest BCUT2D eigenvalue weighted by Crippen LogP contribution is 2.36. The van der Waals surface area contributed by atoms with Gasteiger partial charge in [-0.15, -0.1) is 0 Å². The lowest BCUT2D eigenvalue weighted by Gasteiger charge is -2.40. The summed E-state index contributed by atoms with van der Waals surface area (Å²) in [5.74, 6) is 0.699. The molecule has 0 bridgehead atoms. The van der Waals surface area contributed by atoms with Gasteiger partial charge in [0.05, 0.1) is 18.6 Å². The summed E-state index contributed by atoms with van der Waals surface area (Å²) < 4.78 is 0. The first-order valence-electron chi connectivity index (χ1n) is 10.3. The molecule has 1 aliphatic carbocycles. The van der Waals surface area contributed by atoms with Gasteiger partial charge in [0.2, 0.25) is 0 Å². The molecule has 25 heavy (non-hydrogen) atoms. The SMILES string of the molecule is C[C@@H]1N[C@H](C2CCC(CCCCC[C@@H](O)CC(=O)O)CC2)CC[C@H]1O. The zero-order chi connectivity index (χ0) is 18.2. The molecule has 0 aromatic rings. The number of carboxylic acid groups (broad SMARTS) is 1. The van der Waals surface area contributed by atoms with E-state index in [1.165, 1.54) is 38.5 Å². The fourth-order valence-electron chi connectivity index (χ4n) is 4.68. The van der Waals surface area contributed by atoms with Crippen molar-refractivity contribution >= 4 is 5.97 Å². The summed E-state index contributed by atoms with van der Waals surface area (Å²) in [7, 11) is 0. The van der Waals surface area contributed by atoms with Crippen molar-refractivity contribution in [2.45, 2.75) is 108 Å². The van der Waals surface area contributed by atoms with Crippen LogP contribution in [0.5, 0.6) is 0 Å². The van der Waals surface area contributed by atoms with Crippen LogP contribution in [0.25, 0.3) is 0 Å². The van der Waals surface area contributed by atoms with Gasteiger partial charge in [0.1, 0.15) is 0 Å². The standard InChI is InChI=1S/C20H37NO4/c1-14-19(23)12-11-18(21-14)16-9-7-15(8-10-16)5-3-2-4-6-17(22)13-20(24)25/h14-19,21-23H,2-13H2,1H3,(H,24,25)/t14-,15?,16?,17+,18-,19+/m0/s1. The Hall–Kier alpha value is -0.650. The average molecular weight is 356 g/mol. The third kappa shape index (κ3) is 7.24. The number of unbranched alkanes of at least 4 members (excludes halogenated alkanes) is 2. The first kappa shape index (κ1) is 20.7. The van der Waals surface area contributed by atoms with E-state index in [9.17, 15) is 15.0 Å². The molecule has 0 radical (unpaired) electrons. The molecule has 0 unspecified atom stereocenters. The summed E-state index contributed by atoms with van der Waals surface area (Å²) >= 11 is 0. The van der Waals surface area contributed by atoms with Crippen molar-refractivity contribution in [1.29, 1.82) is 0 Å². The Morgan fingerprint density at radius 3 is 2.44 bits per heavy atom. The number of rotatable bonds is 9. The first-order chi connectivity index (χ1) is 12.0. The molecule has 2 fully saturated rings. The molecule has 5 nitrogen and oxygen atoms in total. The van der Waals surface area contributed by atoms with E-state index >= 15 is 0 Å². The molecular formula is C20H37NO4. The van der Waals surface area contributed by atoms with Crippen LogP contribution in [0.1, 0.15) is 84.0 Å². The summed E-state index contributed by atoms with van der Waals surface area (Å²) in [6, 6.07) is 0.822. The van der Waals surface area contributed by atoms with Gasteiger partial charge < -0.3 is 20.6 Å². The molecule has 146 valence electrons. The van der Waals surface area contributed by atoms with Crippen LogP contribution in [0, 0.1) is 11.8 Å². The van der Waals surface area contributed by atoms with E-state index in [1.807, 2.05) is 0 Å². The molecule has 1 heterocycles. The van der Waals surface area contributed by atoms with Crippen LogP contribution < -0.4 is 5.32 Å². The summed E-state index contributed by atoms with van der Waals surface area (Å²) in [5, 5.41) is 31.6. The van der Waals surface area contributed by atoms with Gasteiger partial charge in [-0.05, 0) is 50.9 Å². The molecule has 2 aliphatic rings. The largest absolute Gasteiger partial charge is 0.481 e. The van der Waals surface area contributed by atoms with Crippen LogP contribution in [0.4, 0.5) is 0 Å². The van der Waals surface area contributed by atoms with E-state index in [0.717, 1.165) is 37.5 Å². The monoisotopic (exact) mass is 355 g/mol. The number of aliphatic carboxylic acids is 1. The van der Waals surface area contributed by atoms with Crippen LogP contribution >= 0.6 is 0 Å². The fraction of sp³-hybridized carbons (Fsp3) is 0.950. The molecule has 1 saturated heterocycles. The van der Waals surface area contributed by atoms with E-state index in [0.29, 0.717) is 12.5 Å². The Morgan fingerprint density at radius 2 is 1.80 bits per heavy atom.